The number of fused-ring (bicyclic) bond motifs is 1. The monoisotopic (exact) mass is 478 g/mol. The summed E-state index contributed by atoms with van der Waals surface area (Å²) in [6, 6.07) is 8.55. The van der Waals surface area contributed by atoms with Gasteiger partial charge in [0, 0.05) is 12.2 Å². The van der Waals surface area contributed by atoms with Crippen LogP contribution in [0.4, 0.5) is 5.82 Å². The Bertz CT molecular complexity index is 1310. The number of benzene rings is 1. The van der Waals surface area contributed by atoms with Crippen molar-refractivity contribution >= 4 is 37.0 Å². The number of hydrogen-bond acceptors (Lipinski definition) is 8. The third kappa shape index (κ3) is 4.94. The summed E-state index contributed by atoms with van der Waals surface area (Å²) in [7, 11) is -7.20. The van der Waals surface area contributed by atoms with Crippen LogP contribution < -0.4 is 5.32 Å². The van der Waals surface area contributed by atoms with E-state index in [-0.39, 0.29) is 23.5 Å². The number of aryl methyl sites for hydroxylation is 1. The van der Waals surface area contributed by atoms with Crippen molar-refractivity contribution in [3.05, 3.63) is 48.4 Å². The van der Waals surface area contributed by atoms with Gasteiger partial charge in [-0.15, -0.1) is 0 Å². The van der Waals surface area contributed by atoms with Gasteiger partial charge in [0.2, 0.25) is 0 Å². The molecule has 9 nitrogen and oxygen atoms in total. The van der Waals surface area contributed by atoms with Crippen LogP contribution in [0.5, 0.6) is 0 Å². The van der Waals surface area contributed by atoms with Crippen molar-refractivity contribution in [3.63, 3.8) is 0 Å². The van der Waals surface area contributed by atoms with Crippen LogP contribution in [0, 0.1) is 12.8 Å². The Labute approximate surface area is 188 Å². The molecule has 0 bridgehead atoms. The second-order valence-corrected chi connectivity index (χ2v) is 11.7. The van der Waals surface area contributed by atoms with Gasteiger partial charge in [0.15, 0.2) is 5.65 Å². The summed E-state index contributed by atoms with van der Waals surface area (Å²) >= 11 is 0. The van der Waals surface area contributed by atoms with Gasteiger partial charge in [-0.05, 0) is 56.7 Å². The molecule has 1 aromatic carbocycles. The molecule has 3 aromatic rings. The van der Waals surface area contributed by atoms with Gasteiger partial charge in [-0.3, -0.25) is 4.18 Å². The third-order valence-electron chi connectivity index (χ3n) is 5.73. The minimum atomic E-state index is -3.78. The number of aromatic nitrogens is 3. The highest BCUT2D eigenvalue weighted by molar-refractivity contribution is 7.90. The summed E-state index contributed by atoms with van der Waals surface area (Å²) in [6.45, 7) is 2.11. The van der Waals surface area contributed by atoms with E-state index in [2.05, 4.69) is 15.3 Å². The molecule has 1 aliphatic carbocycles. The van der Waals surface area contributed by atoms with E-state index < -0.39 is 20.1 Å². The summed E-state index contributed by atoms with van der Waals surface area (Å²) in [5.74, 6) is 0.789. The van der Waals surface area contributed by atoms with E-state index >= 15 is 0 Å². The Hall–Kier alpha value is -2.50. The van der Waals surface area contributed by atoms with E-state index in [0.717, 1.165) is 37.5 Å². The zero-order valence-corrected chi connectivity index (χ0v) is 19.6. The van der Waals surface area contributed by atoms with Gasteiger partial charge >= 0.3 is 0 Å². The molecule has 4 rings (SSSR count). The normalized spacial score (nSPS) is 19.8. The van der Waals surface area contributed by atoms with E-state index in [4.69, 9.17) is 4.18 Å². The highest BCUT2D eigenvalue weighted by atomic mass is 32.2. The molecule has 0 spiro atoms. The van der Waals surface area contributed by atoms with Gasteiger partial charge in [0.1, 0.15) is 12.1 Å². The summed E-state index contributed by atoms with van der Waals surface area (Å²) in [5.41, 5.74) is 1.30. The molecule has 1 N–H and O–H groups in total. The number of nitrogens with zero attached hydrogens (tertiary/aromatic N) is 3. The molecule has 0 aliphatic heterocycles. The van der Waals surface area contributed by atoms with Crippen LogP contribution in [0.15, 0.2) is 47.8 Å². The summed E-state index contributed by atoms with van der Waals surface area (Å²) in [6.07, 6.45) is 7.27. The molecule has 0 saturated heterocycles. The standard InChI is InChI=1S/C21H26N4O5S2/c1-15-3-9-18(10-4-15)32(28,29)25-12-11-19-20(22-14-23-21(19)25)24-17-7-5-16(6-8-17)13-30-31(2,26)27/h3-4,9-12,14,16-17H,5-8,13H2,1-2H3,(H,22,23,24). The average molecular weight is 479 g/mol. The lowest BCUT2D eigenvalue weighted by atomic mass is 9.86. The van der Waals surface area contributed by atoms with E-state index in [1.807, 2.05) is 6.92 Å². The maximum Gasteiger partial charge on any atom is 0.269 e. The molecule has 1 aliphatic rings. The molecule has 0 radical (unpaired) electrons. The lowest BCUT2D eigenvalue weighted by molar-refractivity contribution is 0.210. The van der Waals surface area contributed by atoms with E-state index in [0.29, 0.717) is 16.9 Å². The number of anilines is 1. The topological polar surface area (TPSA) is 120 Å². The Morgan fingerprint density at radius 2 is 1.72 bits per heavy atom. The van der Waals surface area contributed by atoms with Crippen LogP contribution in [0.1, 0.15) is 31.2 Å². The van der Waals surface area contributed by atoms with Crippen molar-refractivity contribution in [2.24, 2.45) is 5.92 Å². The minimum Gasteiger partial charge on any atom is -0.367 e. The van der Waals surface area contributed by atoms with Gasteiger partial charge in [-0.25, -0.2) is 22.4 Å². The third-order valence-corrected chi connectivity index (χ3v) is 7.98. The predicted molar refractivity (Wildman–Crippen MR) is 121 cm³/mol. The molecule has 2 aromatic heterocycles. The number of nitrogens with one attached hydrogen (secondary N) is 1. The first-order valence-corrected chi connectivity index (χ1v) is 13.6. The Kier molecular flexibility index (Phi) is 6.24. The van der Waals surface area contributed by atoms with Crippen molar-refractivity contribution in [3.8, 4) is 0 Å². The van der Waals surface area contributed by atoms with Gasteiger partial charge in [0.05, 0.1) is 23.1 Å². The fourth-order valence-corrected chi connectivity index (χ4v) is 5.69. The van der Waals surface area contributed by atoms with E-state index in [9.17, 15) is 16.8 Å². The Morgan fingerprint density at radius 1 is 1.03 bits per heavy atom. The maximum atomic E-state index is 13.1. The molecular formula is C21H26N4O5S2. The smallest absolute Gasteiger partial charge is 0.269 e. The maximum absolute atomic E-state index is 13.1. The first-order chi connectivity index (χ1) is 15.1. The predicted octanol–water partition coefficient (Wildman–Crippen LogP) is 2.92. The molecule has 0 atom stereocenters. The van der Waals surface area contributed by atoms with Crippen LogP contribution >= 0.6 is 0 Å². The van der Waals surface area contributed by atoms with Crippen molar-refractivity contribution in [1.82, 2.24) is 13.9 Å². The average Bonchev–Trinajstić information content (AvgIpc) is 3.19. The highest BCUT2D eigenvalue weighted by Gasteiger charge is 2.25. The fraction of sp³-hybridized carbons (Fsp3) is 0.429. The van der Waals surface area contributed by atoms with Crippen molar-refractivity contribution < 1.29 is 21.0 Å². The van der Waals surface area contributed by atoms with Gasteiger partial charge < -0.3 is 5.32 Å². The quantitative estimate of drug-likeness (QED) is 0.515. The second-order valence-electron chi connectivity index (χ2n) is 8.24. The van der Waals surface area contributed by atoms with Crippen LogP contribution in [0.3, 0.4) is 0 Å². The number of hydrogen-bond donors (Lipinski definition) is 1. The van der Waals surface area contributed by atoms with Crippen LogP contribution in [-0.4, -0.2) is 49.7 Å². The summed E-state index contributed by atoms with van der Waals surface area (Å²) in [5, 5.41) is 4.04. The zero-order valence-electron chi connectivity index (χ0n) is 17.9. The Balaban J connectivity index is 1.50. The Morgan fingerprint density at radius 3 is 2.38 bits per heavy atom. The summed E-state index contributed by atoms with van der Waals surface area (Å²) in [4.78, 5) is 8.75. The number of rotatable bonds is 7. The molecule has 1 fully saturated rings. The minimum absolute atomic E-state index is 0.152. The molecule has 172 valence electrons. The van der Waals surface area contributed by atoms with E-state index in [1.54, 1.807) is 30.3 Å². The van der Waals surface area contributed by atoms with Crippen LogP contribution in [0.2, 0.25) is 0 Å². The van der Waals surface area contributed by atoms with Gasteiger partial charge in [-0.2, -0.15) is 8.42 Å². The van der Waals surface area contributed by atoms with Gasteiger partial charge in [-0.1, -0.05) is 17.7 Å². The molecule has 1 saturated carbocycles. The van der Waals surface area contributed by atoms with Crippen LogP contribution in [-0.2, 0) is 24.3 Å². The molecule has 0 unspecified atom stereocenters. The molecule has 11 heteroatoms. The largest absolute Gasteiger partial charge is 0.367 e. The zero-order chi connectivity index (χ0) is 22.9. The molecular weight excluding hydrogens is 452 g/mol. The van der Waals surface area contributed by atoms with Crippen LogP contribution in [0.25, 0.3) is 11.0 Å². The lowest BCUT2D eigenvalue weighted by Crippen LogP contribution is -2.28. The van der Waals surface area contributed by atoms with Crippen molar-refractivity contribution in [2.75, 3.05) is 18.2 Å². The lowest BCUT2D eigenvalue weighted by Gasteiger charge is -2.29. The molecule has 32 heavy (non-hydrogen) atoms. The van der Waals surface area contributed by atoms with Crippen molar-refractivity contribution in [2.45, 2.75) is 43.5 Å². The fourth-order valence-electron chi connectivity index (χ4n) is 3.95. The first-order valence-electron chi connectivity index (χ1n) is 10.4. The summed E-state index contributed by atoms with van der Waals surface area (Å²) < 4.78 is 54.7. The SMILES string of the molecule is Cc1ccc(S(=O)(=O)n2ccc3c(NC4CCC(COS(C)(=O)=O)CC4)ncnc32)cc1. The second kappa shape index (κ2) is 8.80. The highest BCUT2D eigenvalue weighted by Crippen LogP contribution is 2.30. The first kappa shape index (κ1) is 22.7. The molecule has 2 heterocycles. The molecule has 0 amide bonds. The van der Waals surface area contributed by atoms with E-state index in [1.165, 1.54) is 16.5 Å². The van der Waals surface area contributed by atoms with Crippen molar-refractivity contribution in [1.29, 1.82) is 0 Å². The van der Waals surface area contributed by atoms with Gasteiger partial charge in [0.25, 0.3) is 20.1 Å².